The molecule has 0 aliphatic carbocycles. The van der Waals surface area contributed by atoms with E-state index in [1.54, 1.807) is 7.11 Å². The number of anilines is 1. The molecule has 0 bridgehead atoms. The van der Waals surface area contributed by atoms with E-state index in [1.807, 2.05) is 18.2 Å². The number of methoxy groups -OCH3 is 1. The second-order valence-electron chi connectivity index (χ2n) is 3.88. The lowest BCUT2D eigenvalue weighted by atomic mass is 10.1. The van der Waals surface area contributed by atoms with Gasteiger partial charge in [0.15, 0.2) is 0 Å². The van der Waals surface area contributed by atoms with Crippen LogP contribution in [-0.2, 0) is 4.79 Å². The highest BCUT2D eigenvalue weighted by Crippen LogP contribution is 2.27. The van der Waals surface area contributed by atoms with Crippen molar-refractivity contribution in [3.05, 3.63) is 22.7 Å². The van der Waals surface area contributed by atoms with E-state index in [4.69, 9.17) is 4.74 Å². The molecule has 0 aromatic heterocycles. The summed E-state index contributed by atoms with van der Waals surface area (Å²) in [6.45, 7) is 0.723. The number of carbonyl (C=O) groups excluding carboxylic acids is 1. The molecule has 1 aromatic carbocycles. The largest absolute Gasteiger partial charge is 0.497 e. The molecule has 18 heavy (non-hydrogen) atoms. The summed E-state index contributed by atoms with van der Waals surface area (Å²) in [5, 5.41) is 6.90. The molecule has 1 aliphatic rings. The van der Waals surface area contributed by atoms with Crippen molar-refractivity contribution in [2.45, 2.75) is 12.8 Å². The van der Waals surface area contributed by atoms with Gasteiger partial charge < -0.3 is 10.1 Å². The zero-order valence-electron chi connectivity index (χ0n) is 10.00. The van der Waals surface area contributed by atoms with Crippen molar-refractivity contribution in [2.24, 2.45) is 5.10 Å². The number of benzene rings is 1. The lowest BCUT2D eigenvalue weighted by Gasteiger charge is -2.14. The van der Waals surface area contributed by atoms with Crippen LogP contribution in [0.3, 0.4) is 0 Å². The van der Waals surface area contributed by atoms with Gasteiger partial charge in [-0.1, -0.05) is 0 Å². The third-order valence-corrected chi connectivity index (χ3v) is 3.31. The molecular formula is C12H14BrN3O2. The smallest absolute Gasteiger partial charge is 0.267 e. The molecule has 1 aromatic rings. The minimum Gasteiger partial charge on any atom is -0.497 e. The summed E-state index contributed by atoms with van der Waals surface area (Å²) in [5.74, 6) is 0.627. The number of rotatable bonds is 3. The highest BCUT2D eigenvalue weighted by Gasteiger charge is 2.15. The van der Waals surface area contributed by atoms with Crippen LogP contribution < -0.4 is 15.5 Å². The highest BCUT2D eigenvalue weighted by molar-refractivity contribution is 9.10. The number of nitrogens with one attached hydrogen (secondary N) is 2. The molecule has 96 valence electrons. The van der Waals surface area contributed by atoms with Gasteiger partial charge in [-0.15, -0.1) is 0 Å². The van der Waals surface area contributed by atoms with Crippen LogP contribution in [0.5, 0.6) is 5.75 Å². The van der Waals surface area contributed by atoms with Gasteiger partial charge in [-0.2, -0.15) is 5.10 Å². The number of carbonyl (C=O) groups is 1. The van der Waals surface area contributed by atoms with Crippen molar-refractivity contribution in [3.8, 4) is 5.75 Å². The first kappa shape index (κ1) is 12.9. The van der Waals surface area contributed by atoms with Crippen molar-refractivity contribution >= 4 is 33.2 Å². The molecule has 0 spiro atoms. The number of hydrazone groups is 1. The quantitative estimate of drug-likeness (QED) is 0.841. The summed E-state index contributed by atoms with van der Waals surface area (Å²) in [6, 6.07) is 5.52. The Kier molecular flexibility index (Phi) is 4.19. The van der Waals surface area contributed by atoms with Gasteiger partial charge in [-0.05, 0) is 40.9 Å². The van der Waals surface area contributed by atoms with Crippen LogP contribution in [0, 0.1) is 0 Å². The average Bonchev–Trinajstić information content (AvgIpc) is 2.39. The van der Waals surface area contributed by atoms with Gasteiger partial charge >= 0.3 is 0 Å². The number of hydrogen-bond donors (Lipinski definition) is 2. The summed E-state index contributed by atoms with van der Waals surface area (Å²) in [5.41, 5.74) is 4.18. The summed E-state index contributed by atoms with van der Waals surface area (Å²) in [6.07, 6.45) is 1.62. The Labute approximate surface area is 114 Å². The molecule has 1 fully saturated rings. The molecule has 0 radical (unpaired) electrons. The molecule has 0 saturated carbocycles. The molecule has 2 rings (SSSR count). The Bertz CT molecular complexity index is 488. The van der Waals surface area contributed by atoms with E-state index in [0.29, 0.717) is 12.1 Å². The lowest BCUT2D eigenvalue weighted by molar-refractivity contribution is -0.115. The van der Waals surface area contributed by atoms with Crippen molar-refractivity contribution < 1.29 is 9.53 Å². The van der Waals surface area contributed by atoms with Gasteiger partial charge in [0.25, 0.3) is 5.91 Å². The highest BCUT2D eigenvalue weighted by atomic mass is 79.9. The Hall–Kier alpha value is -1.56. The summed E-state index contributed by atoms with van der Waals surface area (Å²) >= 11 is 3.41. The predicted molar refractivity (Wildman–Crippen MR) is 74.0 cm³/mol. The Morgan fingerprint density at radius 2 is 2.33 bits per heavy atom. The van der Waals surface area contributed by atoms with Crippen LogP contribution >= 0.6 is 15.9 Å². The van der Waals surface area contributed by atoms with Crippen molar-refractivity contribution in [2.75, 3.05) is 19.1 Å². The zero-order chi connectivity index (χ0) is 13.0. The summed E-state index contributed by atoms with van der Waals surface area (Å²) in [7, 11) is 1.60. The minimum atomic E-state index is -0.104. The first-order valence-corrected chi connectivity index (χ1v) is 6.44. The van der Waals surface area contributed by atoms with Crippen LogP contribution in [0.15, 0.2) is 27.8 Å². The Morgan fingerprint density at radius 1 is 1.50 bits per heavy atom. The van der Waals surface area contributed by atoms with Gasteiger partial charge in [0, 0.05) is 17.1 Å². The third kappa shape index (κ3) is 3.01. The standard InChI is InChI=1S/C12H14BrN3O2/c1-18-8-4-5-9(13)11(7-8)16-15-10-3-2-6-14-12(10)17/h4-5,7,16H,2-3,6H2,1H3,(H,14,17)/b15-10+. The van der Waals surface area contributed by atoms with Gasteiger partial charge in [0.2, 0.25) is 0 Å². The lowest BCUT2D eigenvalue weighted by Crippen LogP contribution is -2.37. The van der Waals surface area contributed by atoms with Gasteiger partial charge in [0.05, 0.1) is 12.8 Å². The second-order valence-corrected chi connectivity index (χ2v) is 4.73. The topological polar surface area (TPSA) is 62.7 Å². The molecule has 2 N–H and O–H groups in total. The fraction of sp³-hybridized carbons (Fsp3) is 0.333. The van der Waals surface area contributed by atoms with Gasteiger partial charge in [-0.3, -0.25) is 10.2 Å². The first-order chi connectivity index (χ1) is 8.70. The number of amides is 1. The van der Waals surface area contributed by atoms with Crippen molar-refractivity contribution in [1.82, 2.24) is 5.32 Å². The van der Waals surface area contributed by atoms with Crippen LogP contribution in [0.25, 0.3) is 0 Å². The molecule has 1 aliphatic heterocycles. The number of halogens is 1. The van der Waals surface area contributed by atoms with E-state index in [-0.39, 0.29) is 5.91 Å². The molecule has 1 saturated heterocycles. The maximum atomic E-state index is 11.5. The van der Waals surface area contributed by atoms with Crippen LogP contribution in [0.2, 0.25) is 0 Å². The Balaban J connectivity index is 2.13. The molecule has 0 atom stereocenters. The van der Waals surface area contributed by atoms with E-state index < -0.39 is 0 Å². The number of ether oxygens (including phenoxy) is 1. The van der Waals surface area contributed by atoms with E-state index in [0.717, 1.165) is 28.9 Å². The number of nitrogens with zero attached hydrogens (tertiary/aromatic N) is 1. The monoisotopic (exact) mass is 311 g/mol. The molecule has 6 heteroatoms. The van der Waals surface area contributed by atoms with Crippen molar-refractivity contribution in [1.29, 1.82) is 0 Å². The predicted octanol–water partition coefficient (Wildman–Crippen LogP) is 2.14. The zero-order valence-corrected chi connectivity index (χ0v) is 11.6. The van der Waals surface area contributed by atoms with Crippen LogP contribution in [0.4, 0.5) is 5.69 Å². The molecular weight excluding hydrogens is 298 g/mol. The van der Waals surface area contributed by atoms with E-state index in [9.17, 15) is 4.79 Å². The molecule has 1 amide bonds. The third-order valence-electron chi connectivity index (χ3n) is 2.62. The van der Waals surface area contributed by atoms with Gasteiger partial charge in [0.1, 0.15) is 11.5 Å². The average molecular weight is 312 g/mol. The summed E-state index contributed by atoms with van der Waals surface area (Å²) < 4.78 is 6.00. The maximum absolute atomic E-state index is 11.5. The van der Waals surface area contributed by atoms with Crippen LogP contribution in [0.1, 0.15) is 12.8 Å². The fourth-order valence-electron chi connectivity index (χ4n) is 1.62. The molecule has 5 nitrogen and oxygen atoms in total. The van der Waals surface area contributed by atoms with E-state index in [2.05, 4.69) is 31.8 Å². The van der Waals surface area contributed by atoms with Gasteiger partial charge in [-0.25, -0.2) is 0 Å². The van der Waals surface area contributed by atoms with Crippen LogP contribution in [-0.4, -0.2) is 25.3 Å². The Morgan fingerprint density at radius 3 is 3.06 bits per heavy atom. The van der Waals surface area contributed by atoms with E-state index in [1.165, 1.54) is 0 Å². The summed E-state index contributed by atoms with van der Waals surface area (Å²) in [4.78, 5) is 11.5. The minimum absolute atomic E-state index is 0.104. The molecule has 1 heterocycles. The fourth-order valence-corrected chi connectivity index (χ4v) is 1.96. The second kappa shape index (κ2) is 5.86. The van der Waals surface area contributed by atoms with E-state index >= 15 is 0 Å². The number of hydrogen-bond acceptors (Lipinski definition) is 4. The SMILES string of the molecule is COc1ccc(Br)c(N/N=C2\CCCNC2=O)c1. The number of piperidine rings is 1. The van der Waals surface area contributed by atoms with Crippen molar-refractivity contribution in [3.63, 3.8) is 0 Å². The molecule has 0 unspecified atom stereocenters. The maximum Gasteiger partial charge on any atom is 0.267 e. The first-order valence-electron chi connectivity index (χ1n) is 5.65. The normalized spacial score (nSPS) is 17.4.